The minimum absolute atomic E-state index is 0.240. The number of methoxy groups -OCH3 is 1. The highest BCUT2D eigenvalue weighted by Crippen LogP contribution is 2.34. The lowest BCUT2D eigenvalue weighted by Crippen LogP contribution is -2.24. The van der Waals surface area contributed by atoms with Gasteiger partial charge < -0.3 is 14.2 Å². The van der Waals surface area contributed by atoms with Gasteiger partial charge in [-0.25, -0.2) is 19.6 Å². The number of cyclic esters (lactones) is 2. The molecule has 0 spiro atoms. The molecule has 0 aliphatic carbocycles. The summed E-state index contributed by atoms with van der Waals surface area (Å²) in [4.78, 5) is 34.5. The quantitative estimate of drug-likeness (QED) is 0.550. The fourth-order valence-electron chi connectivity index (χ4n) is 4.10. The lowest BCUT2D eigenvalue weighted by atomic mass is 9.95. The highest BCUT2D eigenvalue weighted by atomic mass is 16.6. The van der Waals surface area contributed by atoms with Gasteiger partial charge in [0.05, 0.1) is 37.7 Å². The van der Waals surface area contributed by atoms with Crippen molar-refractivity contribution in [2.45, 2.75) is 26.2 Å². The van der Waals surface area contributed by atoms with Gasteiger partial charge in [0.15, 0.2) is 0 Å². The first kappa shape index (κ1) is 20.5. The van der Waals surface area contributed by atoms with Crippen LogP contribution in [0.15, 0.2) is 36.9 Å². The van der Waals surface area contributed by atoms with E-state index in [4.69, 9.17) is 19.5 Å². The Balaban J connectivity index is 1.32. The average Bonchev–Trinajstić information content (AvgIpc) is 3.54. The van der Waals surface area contributed by atoms with E-state index in [1.54, 1.807) is 34.1 Å². The molecule has 2 aromatic heterocycles. The molecule has 4 heterocycles. The van der Waals surface area contributed by atoms with Gasteiger partial charge in [-0.1, -0.05) is 6.07 Å². The number of esters is 1. The van der Waals surface area contributed by atoms with Crippen LogP contribution in [0.4, 0.5) is 4.79 Å². The Morgan fingerprint density at radius 3 is 2.94 bits per heavy atom. The van der Waals surface area contributed by atoms with Crippen LogP contribution < -0.4 is 4.74 Å². The predicted octanol–water partition coefficient (Wildman–Crippen LogP) is 2.82. The number of ether oxygens (including phenoxy) is 3. The third kappa shape index (κ3) is 3.53. The number of nitrogens with zero attached hydrogens (tertiary/aromatic N) is 5. The zero-order valence-electron chi connectivity index (χ0n) is 17.9. The van der Waals surface area contributed by atoms with E-state index < -0.39 is 12.2 Å². The lowest BCUT2D eigenvalue weighted by Gasteiger charge is -2.14. The first-order valence-electron chi connectivity index (χ1n) is 10.2. The van der Waals surface area contributed by atoms with Crippen LogP contribution >= 0.6 is 0 Å². The molecule has 1 fully saturated rings. The number of carbonyl (C=O) groups is 2. The van der Waals surface area contributed by atoms with E-state index in [1.807, 2.05) is 19.1 Å². The second kappa shape index (κ2) is 7.94. The van der Waals surface area contributed by atoms with Crippen molar-refractivity contribution in [3.8, 4) is 17.6 Å². The first-order chi connectivity index (χ1) is 16.0. The molecule has 0 radical (unpaired) electrons. The van der Waals surface area contributed by atoms with Crippen LogP contribution in [0.25, 0.3) is 5.82 Å². The van der Waals surface area contributed by atoms with Gasteiger partial charge in [0.2, 0.25) is 0 Å². The third-order valence-corrected chi connectivity index (χ3v) is 5.89. The molecule has 3 aromatic rings. The Hall–Kier alpha value is -4.39. The van der Waals surface area contributed by atoms with E-state index in [0.29, 0.717) is 34.9 Å². The summed E-state index contributed by atoms with van der Waals surface area (Å²) in [6, 6.07) is 7.22. The van der Waals surface area contributed by atoms with E-state index in [0.717, 1.165) is 16.7 Å². The monoisotopic (exact) mass is 445 g/mol. The van der Waals surface area contributed by atoms with Crippen LogP contribution in [0.3, 0.4) is 0 Å². The number of rotatable bonds is 5. The molecule has 0 N–H and O–H groups in total. The molecule has 2 aliphatic heterocycles. The van der Waals surface area contributed by atoms with Crippen molar-refractivity contribution in [1.82, 2.24) is 19.4 Å². The molecule has 2 aliphatic rings. The van der Waals surface area contributed by atoms with Crippen molar-refractivity contribution >= 4 is 12.1 Å². The number of aromatic nitrogens is 3. The minimum atomic E-state index is -0.440. The molecule has 1 saturated heterocycles. The van der Waals surface area contributed by atoms with Crippen LogP contribution in [0.5, 0.6) is 5.75 Å². The SMILES string of the molecule is COc1cc(-n2cnc(CN3CC(c4ccc5c(c4C)COC5=O)OC3=O)c2)ncc1C#N. The molecule has 166 valence electrons. The van der Waals surface area contributed by atoms with E-state index >= 15 is 0 Å². The van der Waals surface area contributed by atoms with Gasteiger partial charge in [-0.15, -0.1) is 0 Å². The van der Waals surface area contributed by atoms with Crippen molar-refractivity contribution < 1.29 is 23.8 Å². The molecule has 0 saturated carbocycles. The van der Waals surface area contributed by atoms with Crippen molar-refractivity contribution in [3.63, 3.8) is 0 Å². The van der Waals surface area contributed by atoms with Crippen LogP contribution in [0.1, 0.15) is 44.4 Å². The number of benzene rings is 1. The zero-order chi connectivity index (χ0) is 23.1. The smallest absolute Gasteiger partial charge is 0.410 e. The maximum atomic E-state index is 12.5. The first-order valence-corrected chi connectivity index (χ1v) is 10.2. The fraction of sp³-hybridized carbons (Fsp3) is 0.261. The van der Waals surface area contributed by atoms with Crippen molar-refractivity contribution in [3.05, 3.63) is 70.4 Å². The van der Waals surface area contributed by atoms with E-state index in [1.165, 1.54) is 13.3 Å². The average molecular weight is 445 g/mol. The number of nitriles is 1. The maximum Gasteiger partial charge on any atom is 0.410 e. The summed E-state index contributed by atoms with van der Waals surface area (Å²) in [6.45, 7) is 2.78. The Bertz CT molecular complexity index is 1330. The molecule has 33 heavy (non-hydrogen) atoms. The Kier molecular flexibility index (Phi) is 4.94. The van der Waals surface area contributed by atoms with Gasteiger partial charge in [0, 0.05) is 17.8 Å². The van der Waals surface area contributed by atoms with Crippen LogP contribution in [0, 0.1) is 18.3 Å². The van der Waals surface area contributed by atoms with Gasteiger partial charge >= 0.3 is 12.1 Å². The van der Waals surface area contributed by atoms with Crippen molar-refractivity contribution in [2.24, 2.45) is 0 Å². The Labute approximate surface area is 188 Å². The molecule has 1 unspecified atom stereocenters. The molecular weight excluding hydrogens is 426 g/mol. The van der Waals surface area contributed by atoms with E-state index in [-0.39, 0.29) is 19.1 Å². The standard InChI is InChI=1S/C23H19N5O5/c1-13-16(3-4-17-18(13)11-32-22(17)29)20-10-27(23(30)33-20)8-15-9-28(12-26-15)21-5-19(31-2)14(6-24)7-25-21/h3-5,7,9,12,20H,8,10-11H2,1-2H3. The van der Waals surface area contributed by atoms with Crippen molar-refractivity contribution in [2.75, 3.05) is 13.7 Å². The molecule has 1 amide bonds. The summed E-state index contributed by atoms with van der Waals surface area (Å²) >= 11 is 0. The Morgan fingerprint density at radius 2 is 2.15 bits per heavy atom. The fourth-order valence-corrected chi connectivity index (χ4v) is 4.10. The summed E-state index contributed by atoms with van der Waals surface area (Å²) in [5.74, 6) is 0.632. The number of imidazole rings is 1. The van der Waals surface area contributed by atoms with Crippen molar-refractivity contribution in [1.29, 1.82) is 5.26 Å². The number of amides is 1. The second-order valence-electron chi connectivity index (χ2n) is 7.76. The normalized spacial score (nSPS) is 16.9. The van der Waals surface area contributed by atoms with Crippen LogP contribution in [-0.2, 0) is 22.6 Å². The van der Waals surface area contributed by atoms with Gasteiger partial charge in [0.25, 0.3) is 0 Å². The summed E-state index contributed by atoms with van der Waals surface area (Å²) in [5.41, 5.74) is 4.17. The van der Waals surface area contributed by atoms with Gasteiger partial charge in [-0.2, -0.15) is 5.26 Å². The topological polar surface area (TPSA) is 120 Å². The number of hydrogen-bond acceptors (Lipinski definition) is 8. The number of hydrogen-bond donors (Lipinski definition) is 0. The van der Waals surface area contributed by atoms with E-state index in [2.05, 4.69) is 9.97 Å². The second-order valence-corrected chi connectivity index (χ2v) is 7.76. The highest BCUT2D eigenvalue weighted by Gasteiger charge is 2.35. The molecule has 10 heteroatoms. The molecular formula is C23H19N5O5. The molecule has 10 nitrogen and oxygen atoms in total. The van der Waals surface area contributed by atoms with Gasteiger partial charge in [-0.3, -0.25) is 9.47 Å². The number of fused-ring (bicyclic) bond motifs is 1. The Morgan fingerprint density at radius 1 is 1.30 bits per heavy atom. The summed E-state index contributed by atoms with van der Waals surface area (Å²) in [7, 11) is 1.49. The largest absolute Gasteiger partial charge is 0.495 e. The lowest BCUT2D eigenvalue weighted by molar-refractivity contribution is 0.0535. The zero-order valence-corrected chi connectivity index (χ0v) is 17.9. The third-order valence-electron chi connectivity index (χ3n) is 5.89. The summed E-state index contributed by atoms with van der Waals surface area (Å²) < 4.78 is 17.7. The minimum Gasteiger partial charge on any atom is -0.495 e. The van der Waals surface area contributed by atoms with Crippen LogP contribution in [0.2, 0.25) is 0 Å². The van der Waals surface area contributed by atoms with Gasteiger partial charge in [-0.05, 0) is 24.1 Å². The summed E-state index contributed by atoms with van der Waals surface area (Å²) in [5, 5.41) is 9.12. The molecule has 1 aromatic carbocycles. The van der Waals surface area contributed by atoms with Gasteiger partial charge in [0.1, 0.15) is 42.2 Å². The molecule has 1 atom stereocenters. The molecule has 0 bridgehead atoms. The maximum absolute atomic E-state index is 12.5. The highest BCUT2D eigenvalue weighted by molar-refractivity contribution is 5.94. The van der Waals surface area contributed by atoms with Crippen LogP contribution in [-0.4, -0.2) is 45.2 Å². The number of carbonyl (C=O) groups excluding carboxylic acids is 2. The molecule has 5 rings (SSSR count). The number of pyridine rings is 1. The summed E-state index contributed by atoms with van der Waals surface area (Å²) in [6.07, 6.45) is 3.92. The predicted molar refractivity (Wildman–Crippen MR) is 113 cm³/mol. The van der Waals surface area contributed by atoms with E-state index in [9.17, 15) is 9.59 Å².